The van der Waals surface area contributed by atoms with Crippen LogP contribution in [-0.4, -0.2) is 37.2 Å². The number of esters is 3. The molecule has 0 spiro atoms. The fourth-order valence-corrected chi connectivity index (χ4v) is 7.49. The molecule has 0 bridgehead atoms. The van der Waals surface area contributed by atoms with E-state index in [9.17, 15) is 14.4 Å². The molecule has 0 aromatic rings. The topological polar surface area (TPSA) is 78.9 Å². The second-order valence-electron chi connectivity index (χ2n) is 18.3. The van der Waals surface area contributed by atoms with Crippen molar-refractivity contribution in [1.82, 2.24) is 0 Å². The molecular formula is C61H102O6. The smallest absolute Gasteiger partial charge is 0.306 e. The van der Waals surface area contributed by atoms with E-state index >= 15 is 0 Å². The second-order valence-corrected chi connectivity index (χ2v) is 18.3. The number of rotatable bonds is 49. The van der Waals surface area contributed by atoms with Crippen molar-refractivity contribution in [2.75, 3.05) is 13.2 Å². The molecule has 0 aromatic carbocycles. The van der Waals surface area contributed by atoms with Gasteiger partial charge in [-0.05, 0) is 89.9 Å². The van der Waals surface area contributed by atoms with Gasteiger partial charge < -0.3 is 14.2 Å². The molecule has 0 rings (SSSR count). The minimum absolute atomic E-state index is 0.102. The molecule has 6 heteroatoms. The first kappa shape index (κ1) is 63.3. The van der Waals surface area contributed by atoms with E-state index in [1.165, 1.54) is 103 Å². The maximum Gasteiger partial charge on any atom is 0.306 e. The molecular weight excluding hydrogens is 829 g/mol. The van der Waals surface area contributed by atoms with Crippen molar-refractivity contribution in [1.29, 1.82) is 0 Å². The molecule has 0 aliphatic carbocycles. The summed E-state index contributed by atoms with van der Waals surface area (Å²) in [5, 5.41) is 0. The van der Waals surface area contributed by atoms with Crippen LogP contribution in [0, 0.1) is 0 Å². The van der Waals surface area contributed by atoms with Crippen molar-refractivity contribution in [3.63, 3.8) is 0 Å². The summed E-state index contributed by atoms with van der Waals surface area (Å²) in [4.78, 5) is 38.1. The minimum atomic E-state index is -0.806. The number of hydrogen-bond acceptors (Lipinski definition) is 6. The van der Waals surface area contributed by atoms with Crippen LogP contribution in [0.25, 0.3) is 0 Å². The molecule has 67 heavy (non-hydrogen) atoms. The van der Waals surface area contributed by atoms with E-state index in [2.05, 4.69) is 118 Å². The van der Waals surface area contributed by atoms with E-state index in [0.717, 1.165) is 109 Å². The van der Waals surface area contributed by atoms with Gasteiger partial charge in [0.05, 0.1) is 0 Å². The zero-order chi connectivity index (χ0) is 48.6. The predicted molar refractivity (Wildman–Crippen MR) is 288 cm³/mol. The van der Waals surface area contributed by atoms with Crippen molar-refractivity contribution >= 4 is 17.9 Å². The van der Waals surface area contributed by atoms with Gasteiger partial charge in [0.15, 0.2) is 6.10 Å². The lowest BCUT2D eigenvalue weighted by molar-refractivity contribution is -0.167. The molecule has 0 saturated carbocycles. The first-order chi connectivity index (χ1) is 33.0. The van der Waals surface area contributed by atoms with Gasteiger partial charge in [0.25, 0.3) is 0 Å². The van der Waals surface area contributed by atoms with E-state index in [1.807, 2.05) is 0 Å². The van der Waals surface area contributed by atoms with Gasteiger partial charge >= 0.3 is 17.9 Å². The molecule has 0 saturated heterocycles. The highest BCUT2D eigenvalue weighted by molar-refractivity contribution is 5.71. The first-order valence-corrected chi connectivity index (χ1v) is 27.8. The molecule has 0 fully saturated rings. The molecule has 0 heterocycles. The average Bonchev–Trinajstić information content (AvgIpc) is 3.33. The molecule has 0 aliphatic heterocycles. The highest BCUT2D eigenvalue weighted by Crippen LogP contribution is 2.14. The minimum Gasteiger partial charge on any atom is -0.462 e. The van der Waals surface area contributed by atoms with Gasteiger partial charge in [0.1, 0.15) is 13.2 Å². The normalized spacial score (nSPS) is 12.8. The SMILES string of the molecule is CC\C=C/C=C\C=C/CCCCCCCCCC(=O)OCC(COC(=O)CCCCCCC\C=C/C=C\C=C/CCCCCCC)OC(=O)CCCCC/C=C\C=C/CCCCCCCCC. The summed E-state index contributed by atoms with van der Waals surface area (Å²) >= 11 is 0. The van der Waals surface area contributed by atoms with Crippen LogP contribution >= 0.6 is 0 Å². The van der Waals surface area contributed by atoms with E-state index in [1.54, 1.807) is 0 Å². The predicted octanol–water partition coefficient (Wildman–Crippen LogP) is 18.5. The van der Waals surface area contributed by atoms with Crippen LogP contribution < -0.4 is 0 Å². The molecule has 0 N–H and O–H groups in total. The zero-order valence-electron chi connectivity index (χ0n) is 43.6. The third-order valence-electron chi connectivity index (χ3n) is 11.7. The number of ether oxygens (including phenoxy) is 3. The van der Waals surface area contributed by atoms with Crippen molar-refractivity contribution < 1.29 is 28.6 Å². The summed E-state index contributed by atoms with van der Waals surface area (Å²) in [6.07, 6.45) is 72.5. The molecule has 0 amide bonds. The standard InChI is InChI=1S/C61H102O6/c1-4-7-10-13-16-19-22-25-28-30-31-34-36-39-42-45-48-51-54-60(63)66-57-58(56-65-59(62)53-50-47-44-41-38-35-32-27-24-21-18-15-12-9-6-3)67-61(64)55-52-49-46-43-40-37-33-29-26-23-20-17-14-11-8-5-2/h9,12,15,18,21-22,24-25,28-31,33-34,37,40,58H,4-8,10-11,13-14,16-17,19-20,23,26-27,32,35-36,38-39,41-57H2,1-3H3/b12-9-,18-15-,24-21-,25-22-,30-28-,33-29-,34-31-,40-37-. The summed E-state index contributed by atoms with van der Waals surface area (Å²) in [7, 11) is 0. The summed E-state index contributed by atoms with van der Waals surface area (Å²) in [6.45, 7) is 6.44. The lowest BCUT2D eigenvalue weighted by Crippen LogP contribution is -2.30. The van der Waals surface area contributed by atoms with Gasteiger partial charge in [-0.3, -0.25) is 14.4 Å². The van der Waals surface area contributed by atoms with E-state index in [0.29, 0.717) is 12.8 Å². The van der Waals surface area contributed by atoms with Crippen LogP contribution in [0.3, 0.4) is 0 Å². The van der Waals surface area contributed by atoms with E-state index < -0.39 is 6.10 Å². The summed E-state index contributed by atoms with van der Waals surface area (Å²) in [6, 6.07) is 0. The summed E-state index contributed by atoms with van der Waals surface area (Å²) in [5.41, 5.74) is 0. The Labute approximate surface area is 413 Å². The van der Waals surface area contributed by atoms with Gasteiger partial charge in [0.2, 0.25) is 0 Å². The summed E-state index contributed by atoms with van der Waals surface area (Å²) < 4.78 is 16.8. The fraction of sp³-hybridized carbons (Fsp3) is 0.689. The molecule has 6 nitrogen and oxygen atoms in total. The van der Waals surface area contributed by atoms with Crippen LogP contribution in [0.5, 0.6) is 0 Å². The maximum atomic E-state index is 12.8. The number of hydrogen-bond donors (Lipinski definition) is 0. The molecule has 1 atom stereocenters. The Morgan fingerprint density at radius 1 is 0.313 bits per heavy atom. The Hall–Kier alpha value is -3.67. The van der Waals surface area contributed by atoms with Crippen LogP contribution in [-0.2, 0) is 28.6 Å². The zero-order valence-corrected chi connectivity index (χ0v) is 43.6. The highest BCUT2D eigenvalue weighted by Gasteiger charge is 2.19. The van der Waals surface area contributed by atoms with Gasteiger partial charge in [0, 0.05) is 19.3 Å². The Morgan fingerprint density at radius 2 is 0.582 bits per heavy atom. The van der Waals surface area contributed by atoms with Crippen molar-refractivity contribution in [2.24, 2.45) is 0 Å². The monoisotopic (exact) mass is 931 g/mol. The Morgan fingerprint density at radius 3 is 0.925 bits per heavy atom. The lowest BCUT2D eigenvalue weighted by atomic mass is 10.1. The Kier molecular flexibility index (Phi) is 51.9. The first-order valence-electron chi connectivity index (χ1n) is 27.8. The fourth-order valence-electron chi connectivity index (χ4n) is 7.49. The third-order valence-corrected chi connectivity index (χ3v) is 11.7. The molecule has 382 valence electrons. The number of carbonyl (C=O) groups excluding carboxylic acids is 3. The van der Waals surface area contributed by atoms with Crippen molar-refractivity contribution in [3.8, 4) is 0 Å². The highest BCUT2D eigenvalue weighted by atomic mass is 16.6. The largest absolute Gasteiger partial charge is 0.462 e. The van der Waals surface area contributed by atoms with Gasteiger partial charge in [-0.25, -0.2) is 0 Å². The van der Waals surface area contributed by atoms with E-state index in [4.69, 9.17) is 14.2 Å². The lowest BCUT2D eigenvalue weighted by Gasteiger charge is -2.18. The molecule has 0 aliphatic rings. The number of carbonyl (C=O) groups is 3. The molecule has 1 unspecified atom stereocenters. The van der Waals surface area contributed by atoms with Crippen molar-refractivity contribution in [2.45, 2.75) is 258 Å². The summed E-state index contributed by atoms with van der Waals surface area (Å²) in [5.74, 6) is -0.959. The Balaban J connectivity index is 4.49. The number of allylic oxidation sites excluding steroid dienone is 16. The van der Waals surface area contributed by atoms with Gasteiger partial charge in [-0.2, -0.15) is 0 Å². The van der Waals surface area contributed by atoms with Gasteiger partial charge in [-0.15, -0.1) is 0 Å². The molecule has 0 aromatic heterocycles. The van der Waals surface area contributed by atoms with Crippen LogP contribution in [0.1, 0.15) is 252 Å². The second kappa shape index (κ2) is 54.9. The maximum absolute atomic E-state index is 12.8. The van der Waals surface area contributed by atoms with Crippen LogP contribution in [0.4, 0.5) is 0 Å². The van der Waals surface area contributed by atoms with Crippen molar-refractivity contribution in [3.05, 3.63) is 97.2 Å². The quantitative estimate of drug-likeness (QED) is 0.0262. The van der Waals surface area contributed by atoms with Crippen LogP contribution in [0.2, 0.25) is 0 Å². The van der Waals surface area contributed by atoms with Crippen LogP contribution in [0.15, 0.2) is 97.2 Å². The Bertz CT molecular complexity index is 1350. The number of unbranched alkanes of at least 4 members (excludes halogenated alkanes) is 27. The third kappa shape index (κ3) is 53.2. The van der Waals surface area contributed by atoms with Gasteiger partial charge in [-0.1, -0.05) is 240 Å². The average molecular weight is 931 g/mol. The van der Waals surface area contributed by atoms with E-state index in [-0.39, 0.29) is 37.5 Å². The molecule has 0 radical (unpaired) electrons.